The van der Waals surface area contributed by atoms with Gasteiger partial charge in [-0.05, 0) is 30.0 Å². The van der Waals surface area contributed by atoms with E-state index in [4.69, 9.17) is 15.1 Å². The number of carboxylic acid groups (broad SMARTS) is 1. The van der Waals surface area contributed by atoms with Gasteiger partial charge in [0, 0.05) is 0 Å². The largest absolute Gasteiger partial charge is 0.669 e. The van der Waals surface area contributed by atoms with Gasteiger partial charge in [0.15, 0.2) is 0 Å². The van der Waals surface area contributed by atoms with Crippen LogP contribution >= 0.6 is 0 Å². The minimum atomic E-state index is -3.13. The Kier molecular flexibility index (Phi) is 5.61. The topological polar surface area (TPSA) is 145 Å². The number of ether oxygens (including phenoxy) is 1. The van der Waals surface area contributed by atoms with Crippen molar-refractivity contribution >= 4 is 18.6 Å². The predicted molar refractivity (Wildman–Crippen MR) is 109 cm³/mol. The van der Waals surface area contributed by atoms with Gasteiger partial charge in [0.1, 0.15) is 11.9 Å². The van der Waals surface area contributed by atoms with E-state index in [2.05, 4.69) is 0 Å². The second-order valence-corrected chi connectivity index (χ2v) is 8.01. The molecular formula is C21H23BN2O7-2. The molecule has 1 atom stereocenters. The fourth-order valence-electron chi connectivity index (χ4n) is 3.88. The van der Waals surface area contributed by atoms with Crippen molar-refractivity contribution in [3.63, 3.8) is 0 Å². The number of likely N-dealkylation sites (tertiary alicyclic amines) is 1. The van der Waals surface area contributed by atoms with E-state index in [-0.39, 0.29) is 48.8 Å². The molecular weight excluding hydrogens is 403 g/mol. The quantitative estimate of drug-likeness (QED) is 0.503. The highest BCUT2D eigenvalue weighted by atomic mass is 16.6. The molecule has 4 N–H and O–H groups in total. The van der Waals surface area contributed by atoms with E-state index in [0.29, 0.717) is 12.0 Å². The van der Waals surface area contributed by atoms with Crippen LogP contribution in [-0.2, 0) is 17.6 Å². The van der Waals surface area contributed by atoms with E-state index in [1.54, 1.807) is 11.0 Å². The van der Waals surface area contributed by atoms with Crippen LogP contribution in [0.4, 0.5) is 0 Å². The van der Waals surface area contributed by atoms with Crippen LogP contribution in [-0.4, -0.2) is 58.8 Å². The second kappa shape index (κ2) is 8.22. The highest BCUT2D eigenvalue weighted by Gasteiger charge is 2.36. The summed E-state index contributed by atoms with van der Waals surface area (Å²) in [5, 5.41) is 31.3. The number of aryl methyl sites for hydroxylation is 1. The lowest BCUT2D eigenvalue weighted by atomic mass is 9.70. The molecule has 10 heteroatoms. The van der Waals surface area contributed by atoms with Crippen LogP contribution in [0.3, 0.4) is 0 Å². The SMILES string of the molecule is N[C@H](Cc1ccccc1)C(=O)N1CC(Oc2ccc3c(c2C(=O)[O-])O[B-](O)(O)CC3)C1. The molecule has 1 saturated heterocycles. The molecule has 2 aliphatic rings. The molecule has 1 fully saturated rings. The van der Waals surface area contributed by atoms with Gasteiger partial charge in [0.2, 0.25) is 5.91 Å². The van der Waals surface area contributed by atoms with Crippen LogP contribution in [0.25, 0.3) is 0 Å². The molecule has 31 heavy (non-hydrogen) atoms. The van der Waals surface area contributed by atoms with Crippen molar-refractivity contribution in [3.05, 3.63) is 59.2 Å². The Labute approximate surface area is 179 Å². The number of benzene rings is 2. The number of amides is 1. The lowest BCUT2D eigenvalue weighted by molar-refractivity contribution is -0.255. The lowest BCUT2D eigenvalue weighted by Gasteiger charge is -2.41. The molecule has 2 aromatic carbocycles. The molecule has 2 aromatic rings. The summed E-state index contributed by atoms with van der Waals surface area (Å²) in [6, 6.07) is 11.9. The number of nitrogens with two attached hydrogens (primary N) is 1. The molecule has 0 bridgehead atoms. The van der Waals surface area contributed by atoms with Crippen LogP contribution < -0.4 is 20.2 Å². The average molecular weight is 426 g/mol. The Morgan fingerprint density at radius 1 is 1.23 bits per heavy atom. The molecule has 0 aliphatic carbocycles. The number of hydrogen-bond donors (Lipinski definition) is 3. The zero-order valence-electron chi connectivity index (χ0n) is 16.8. The second-order valence-electron chi connectivity index (χ2n) is 8.01. The van der Waals surface area contributed by atoms with Gasteiger partial charge >= 0.3 is 6.75 Å². The Morgan fingerprint density at radius 2 is 1.94 bits per heavy atom. The van der Waals surface area contributed by atoms with Crippen molar-refractivity contribution in [2.45, 2.75) is 31.3 Å². The van der Waals surface area contributed by atoms with Gasteiger partial charge in [0.05, 0.1) is 36.4 Å². The van der Waals surface area contributed by atoms with Gasteiger partial charge in [-0.1, -0.05) is 42.7 Å². The molecule has 164 valence electrons. The standard InChI is InChI=1S/C21H24BN2O7/c23-16(10-13-4-2-1-3-5-13)20(25)24-11-15(12-24)30-17-7-6-14-8-9-22(28,29)31-19(14)18(17)21(26)27/h1-7,15-16,28-29H,8-12,23H2,(H,26,27)/q-1/p-1/t16-/m1/s1. The summed E-state index contributed by atoms with van der Waals surface area (Å²) in [7, 11) is 0. The number of carboxylic acids is 1. The van der Waals surface area contributed by atoms with E-state index < -0.39 is 24.9 Å². The zero-order valence-corrected chi connectivity index (χ0v) is 16.8. The molecule has 4 rings (SSSR count). The summed E-state index contributed by atoms with van der Waals surface area (Å²) < 4.78 is 10.9. The first-order valence-electron chi connectivity index (χ1n) is 10.1. The van der Waals surface area contributed by atoms with Crippen molar-refractivity contribution in [1.82, 2.24) is 4.90 Å². The summed E-state index contributed by atoms with van der Waals surface area (Å²) in [6.07, 6.45) is 0.229. The molecule has 0 unspecified atom stereocenters. The highest BCUT2D eigenvalue weighted by molar-refractivity contribution is 6.59. The van der Waals surface area contributed by atoms with Crippen LogP contribution in [0.1, 0.15) is 21.5 Å². The Balaban J connectivity index is 1.40. The van der Waals surface area contributed by atoms with Crippen molar-refractivity contribution < 1.29 is 34.1 Å². The average Bonchev–Trinajstić information content (AvgIpc) is 2.69. The summed E-state index contributed by atoms with van der Waals surface area (Å²) in [4.78, 5) is 25.8. The van der Waals surface area contributed by atoms with Gasteiger partial charge < -0.3 is 40.0 Å². The number of carbonyl (C=O) groups is 2. The fourth-order valence-corrected chi connectivity index (χ4v) is 3.88. The smallest absolute Gasteiger partial charge is 0.430 e. The molecule has 2 aliphatic heterocycles. The minimum Gasteiger partial charge on any atom is -0.669 e. The van der Waals surface area contributed by atoms with Crippen LogP contribution in [0, 0.1) is 0 Å². The maximum Gasteiger partial charge on any atom is 0.430 e. The molecule has 2 heterocycles. The molecule has 0 spiro atoms. The number of carbonyl (C=O) groups excluding carboxylic acids is 2. The summed E-state index contributed by atoms with van der Waals surface area (Å²) in [5.41, 5.74) is 7.18. The predicted octanol–water partition coefficient (Wildman–Crippen LogP) is -0.932. The summed E-state index contributed by atoms with van der Waals surface area (Å²) in [5.74, 6) is -1.90. The Hall–Kier alpha value is -3.08. The summed E-state index contributed by atoms with van der Waals surface area (Å²) in [6.45, 7) is -2.60. The van der Waals surface area contributed by atoms with Crippen molar-refractivity contribution in [3.8, 4) is 11.5 Å². The number of nitrogens with zero attached hydrogens (tertiary/aromatic N) is 1. The number of fused-ring (bicyclic) bond motifs is 1. The maximum absolute atomic E-state index is 12.5. The highest BCUT2D eigenvalue weighted by Crippen LogP contribution is 2.38. The van der Waals surface area contributed by atoms with Crippen LogP contribution in [0.2, 0.25) is 6.32 Å². The third-order valence-corrected chi connectivity index (χ3v) is 5.57. The first kappa shape index (κ1) is 21.2. The first-order chi connectivity index (χ1) is 14.7. The maximum atomic E-state index is 12.5. The minimum absolute atomic E-state index is 0.00191. The van der Waals surface area contributed by atoms with Gasteiger partial charge in [-0.25, -0.2) is 0 Å². The molecule has 0 radical (unpaired) electrons. The van der Waals surface area contributed by atoms with Crippen LogP contribution in [0.5, 0.6) is 11.5 Å². The molecule has 1 amide bonds. The molecule has 9 nitrogen and oxygen atoms in total. The Morgan fingerprint density at radius 3 is 2.61 bits per heavy atom. The molecule has 0 saturated carbocycles. The van der Waals surface area contributed by atoms with Gasteiger partial charge in [-0.15, -0.1) is 0 Å². The fraction of sp³-hybridized carbons (Fsp3) is 0.333. The summed E-state index contributed by atoms with van der Waals surface area (Å²) >= 11 is 0. The number of rotatable bonds is 6. The molecule has 0 aromatic heterocycles. The number of aromatic carboxylic acids is 1. The first-order valence-corrected chi connectivity index (χ1v) is 10.1. The van der Waals surface area contributed by atoms with Gasteiger partial charge in [-0.3, -0.25) is 4.79 Å². The normalized spacial score (nSPS) is 18.4. The van der Waals surface area contributed by atoms with E-state index in [9.17, 15) is 24.7 Å². The van der Waals surface area contributed by atoms with E-state index in [0.717, 1.165) is 5.56 Å². The van der Waals surface area contributed by atoms with Crippen molar-refractivity contribution in [1.29, 1.82) is 0 Å². The van der Waals surface area contributed by atoms with Crippen molar-refractivity contribution in [2.75, 3.05) is 13.1 Å². The monoisotopic (exact) mass is 426 g/mol. The van der Waals surface area contributed by atoms with Crippen LogP contribution in [0.15, 0.2) is 42.5 Å². The van der Waals surface area contributed by atoms with E-state index in [1.165, 1.54) is 6.07 Å². The third-order valence-electron chi connectivity index (χ3n) is 5.57. The lowest BCUT2D eigenvalue weighted by Crippen LogP contribution is -2.60. The van der Waals surface area contributed by atoms with Gasteiger partial charge in [0.25, 0.3) is 0 Å². The third kappa shape index (κ3) is 4.51. The number of hydrogen-bond acceptors (Lipinski definition) is 8. The van der Waals surface area contributed by atoms with Gasteiger partial charge in [-0.2, -0.15) is 0 Å². The Bertz CT molecular complexity index is 993. The van der Waals surface area contributed by atoms with Crippen molar-refractivity contribution in [2.24, 2.45) is 5.73 Å². The van der Waals surface area contributed by atoms with E-state index in [1.807, 2.05) is 30.3 Å². The van der Waals surface area contributed by atoms with E-state index >= 15 is 0 Å². The zero-order chi connectivity index (χ0) is 22.2.